The van der Waals surface area contributed by atoms with E-state index in [0.29, 0.717) is 10.8 Å². The van der Waals surface area contributed by atoms with E-state index in [9.17, 15) is 9.18 Å². The number of carbonyl (C=O) groups excluding carboxylic acids is 1. The van der Waals surface area contributed by atoms with Crippen LogP contribution in [0.5, 0.6) is 5.75 Å². The molecule has 1 N–H and O–H groups in total. The quantitative estimate of drug-likeness (QED) is 0.778. The van der Waals surface area contributed by atoms with Crippen LogP contribution in [0, 0.1) is 9.39 Å². The molecule has 0 aliphatic carbocycles. The van der Waals surface area contributed by atoms with Crippen molar-refractivity contribution in [2.45, 2.75) is 0 Å². The molecule has 1 amide bonds. The van der Waals surface area contributed by atoms with Gasteiger partial charge in [0.1, 0.15) is 11.6 Å². The second-order valence-electron chi connectivity index (χ2n) is 3.89. The lowest BCUT2D eigenvalue weighted by Gasteiger charge is -2.09. The Labute approximate surface area is 134 Å². The molecule has 0 aromatic heterocycles. The summed E-state index contributed by atoms with van der Waals surface area (Å²) < 4.78 is 19.6. The van der Waals surface area contributed by atoms with Crippen LogP contribution in [0.4, 0.5) is 10.1 Å². The van der Waals surface area contributed by atoms with E-state index in [1.165, 1.54) is 12.1 Å². The number of rotatable bonds is 4. The molecule has 0 saturated carbocycles. The highest BCUT2D eigenvalue weighted by Gasteiger charge is 2.09. The lowest BCUT2D eigenvalue weighted by molar-refractivity contribution is -0.118. The van der Waals surface area contributed by atoms with Crippen molar-refractivity contribution in [1.29, 1.82) is 0 Å². The van der Waals surface area contributed by atoms with Gasteiger partial charge in [0.05, 0.1) is 10.7 Å². The molecule has 2 rings (SSSR count). The highest BCUT2D eigenvalue weighted by Crippen LogP contribution is 2.23. The lowest BCUT2D eigenvalue weighted by Crippen LogP contribution is -2.20. The zero-order chi connectivity index (χ0) is 14.5. The Morgan fingerprint density at radius 1 is 1.30 bits per heavy atom. The van der Waals surface area contributed by atoms with Gasteiger partial charge in [-0.15, -0.1) is 0 Å². The number of nitrogens with one attached hydrogen (secondary N) is 1. The van der Waals surface area contributed by atoms with Crippen LogP contribution in [-0.4, -0.2) is 12.5 Å². The van der Waals surface area contributed by atoms with Crippen molar-refractivity contribution in [3.8, 4) is 5.75 Å². The highest BCUT2D eigenvalue weighted by atomic mass is 127. The molecule has 0 atom stereocenters. The number of anilines is 1. The van der Waals surface area contributed by atoms with Crippen molar-refractivity contribution < 1.29 is 13.9 Å². The highest BCUT2D eigenvalue weighted by molar-refractivity contribution is 14.1. The Balaban J connectivity index is 1.94. The number of amides is 1. The van der Waals surface area contributed by atoms with Crippen LogP contribution in [0.1, 0.15) is 0 Å². The van der Waals surface area contributed by atoms with Crippen molar-refractivity contribution in [3.63, 3.8) is 0 Å². The maximum atomic E-state index is 13.6. The molecule has 0 unspecified atom stereocenters. The first-order chi connectivity index (χ1) is 9.56. The zero-order valence-electron chi connectivity index (χ0n) is 10.2. The van der Waals surface area contributed by atoms with Crippen LogP contribution in [0.25, 0.3) is 0 Å². The SMILES string of the molecule is O=C(COc1ccccc1Cl)Nc1ccc(I)cc1F. The topological polar surface area (TPSA) is 38.3 Å². The van der Waals surface area contributed by atoms with Gasteiger partial charge in [-0.25, -0.2) is 4.39 Å². The smallest absolute Gasteiger partial charge is 0.262 e. The van der Waals surface area contributed by atoms with Gasteiger partial charge in [0.25, 0.3) is 5.91 Å². The molecule has 20 heavy (non-hydrogen) atoms. The van der Waals surface area contributed by atoms with Gasteiger partial charge in [-0.3, -0.25) is 4.79 Å². The molecule has 0 bridgehead atoms. The average Bonchev–Trinajstić information content (AvgIpc) is 2.41. The molecular weight excluding hydrogens is 396 g/mol. The maximum Gasteiger partial charge on any atom is 0.262 e. The van der Waals surface area contributed by atoms with Crippen molar-refractivity contribution in [2.75, 3.05) is 11.9 Å². The number of halogens is 3. The van der Waals surface area contributed by atoms with E-state index in [-0.39, 0.29) is 12.3 Å². The van der Waals surface area contributed by atoms with E-state index in [2.05, 4.69) is 5.32 Å². The monoisotopic (exact) mass is 405 g/mol. The van der Waals surface area contributed by atoms with Crippen LogP contribution in [0.15, 0.2) is 42.5 Å². The summed E-state index contributed by atoms with van der Waals surface area (Å²) in [7, 11) is 0. The standard InChI is InChI=1S/C14H10ClFINO2/c15-10-3-1-2-4-13(10)20-8-14(19)18-12-6-5-9(17)7-11(12)16/h1-7H,8H2,(H,18,19). The molecule has 3 nitrogen and oxygen atoms in total. The fourth-order valence-electron chi connectivity index (χ4n) is 1.48. The number of benzene rings is 2. The Bertz CT molecular complexity index is 636. The van der Waals surface area contributed by atoms with Crippen molar-refractivity contribution in [3.05, 3.63) is 56.9 Å². The van der Waals surface area contributed by atoms with Crippen LogP contribution in [0.3, 0.4) is 0 Å². The molecule has 104 valence electrons. The second-order valence-corrected chi connectivity index (χ2v) is 5.54. The zero-order valence-corrected chi connectivity index (χ0v) is 13.1. The van der Waals surface area contributed by atoms with Gasteiger partial charge in [0.2, 0.25) is 0 Å². The van der Waals surface area contributed by atoms with Crippen LogP contribution in [-0.2, 0) is 4.79 Å². The van der Waals surface area contributed by atoms with Gasteiger partial charge in [0.15, 0.2) is 6.61 Å². The first-order valence-electron chi connectivity index (χ1n) is 5.68. The number of para-hydroxylation sites is 1. The largest absolute Gasteiger partial charge is 0.482 e. The number of hydrogen-bond acceptors (Lipinski definition) is 2. The summed E-state index contributed by atoms with van der Waals surface area (Å²) in [5.41, 5.74) is 0.123. The van der Waals surface area contributed by atoms with E-state index in [4.69, 9.17) is 16.3 Å². The Kier molecular flexibility index (Phi) is 5.19. The summed E-state index contributed by atoms with van der Waals surface area (Å²) in [5, 5.41) is 2.86. The molecule has 0 aliphatic rings. The van der Waals surface area contributed by atoms with Crippen LogP contribution < -0.4 is 10.1 Å². The first kappa shape index (κ1) is 15.1. The van der Waals surface area contributed by atoms with E-state index in [1.807, 2.05) is 22.6 Å². The summed E-state index contributed by atoms with van der Waals surface area (Å²) in [6.45, 7) is -0.241. The summed E-state index contributed by atoms with van der Waals surface area (Å²) in [6, 6.07) is 11.4. The third-order valence-corrected chi connectivity index (χ3v) is 3.38. The minimum Gasteiger partial charge on any atom is -0.482 e. The van der Waals surface area contributed by atoms with Crippen molar-refractivity contribution in [2.24, 2.45) is 0 Å². The molecule has 0 fully saturated rings. The minimum absolute atomic E-state index is 0.123. The third-order valence-electron chi connectivity index (χ3n) is 2.40. The predicted molar refractivity (Wildman–Crippen MR) is 84.7 cm³/mol. The van der Waals surface area contributed by atoms with Crippen molar-refractivity contribution >= 4 is 45.8 Å². The molecule has 0 aliphatic heterocycles. The Morgan fingerprint density at radius 3 is 2.75 bits per heavy atom. The normalized spacial score (nSPS) is 10.2. The number of hydrogen-bond donors (Lipinski definition) is 1. The van der Waals surface area contributed by atoms with E-state index in [1.54, 1.807) is 30.3 Å². The predicted octanol–water partition coefficient (Wildman–Crippen LogP) is 4.10. The van der Waals surface area contributed by atoms with Gasteiger partial charge in [0, 0.05) is 3.57 Å². The average molecular weight is 406 g/mol. The van der Waals surface area contributed by atoms with Crippen LogP contribution in [0.2, 0.25) is 5.02 Å². The summed E-state index contributed by atoms with van der Waals surface area (Å²) in [4.78, 5) is 11.7. The Morgan fingerprint density at radius 2 is 2.05 bits per heavy atom. The Hall–Kier alpha value is -1.34. The maximum absolute atomic E-state index is 13.6. The second kappa shape index (κ2) is 6.90. The first-order valence-corrected chi connectivity index (χ1v) is 7.14. The molecule has 2 aromatic rings. The fraction of sp³-hybridized carbons (Fsp3) is 0.0714. The van der Waals surface area contributed by atoms with Gasteiger partial charge in [-0.05, 0) is 52.9 Å². The molecular formula is C14H10ClFINO2. The fourth-order valence-corrected chi connectivity index (χ4v) is 2.13. The van der Waals surface area contributed by atoms with Gasteiger partial charge in [-0.1, -0.05) is 23.7 Å². The van der Waals surface area contributed by atoms with Crippen LogP contribution >= 0.6 is 34.2 Å². The number of carbonyl (C=O) groups is 1. The van der Waals surface area contributed by atoms with E-state index >= 15 is 0 Å². The van der Waals surface area contributed by atoms with E-state index in [0.717, 1.165) is 3.57 Å². The summed E-state index contributed by atoms with van der Waals surface area (Å²) >= 11 is 7.88. The minimum atomic E-state index is -0.483. The van der Waals surface area contributed by atoms with Gasteiger partial charge < -0.3 is 10.1 Å². The van der Waals surface area contributed by atoms with E-state index < -0.39 is 11.7 Å². The molecule has 0 spiro atoms. The van der Waals surface area contributed by atoms with Crippen molar-refractivity contribution in [1.82, 2.24) is 0 Å². The molecule has 0 radical (unpaired) electrons. The van der Waals surface area contributed by atoms with Gasteiger partial charge >= 0.3 is 0 Å². The summed E-state index contributed by atoms with van der Waals surface area (Å²) in [6.07, 6.45) is 0. The molecule has 0 heterocycles. The number of ether oxygens (including phenoxy) is 1. The molecule has 2 aromatic carbocycles. The molecule has 0 saturated heterocycles. The molecule has 6 heteroatoms. The summed E-state index contributed by atoms with van der Waals surface area (Å²) in [5.74, 6) is -0.527. The third kappa shape index (κ3) is 4.08. The van der Waals surface area contributed by atoms with Gasteiger partial charge in [-0.2, -0.15) is 0 Å². The lowest BCUT2D eigenvalue weighted by atomic mass is 10.3.